The fourth-order valence-corrected chi connectivity index (χ4v) is 3.77. The third-order valence-corrected chi connectivity index (χ3v) is 5.57. The summed E-state index contributed by atoms with van der Waals surface area (Å²) in [4.78, 5) is 17.5. The molecule has 0 atom stereocenters. The largest absolute Gasteiger partial charge is 0.507 e. The van der Waals surface area contributed by atoms with E-state index in [1.165, 1.54) is 0 Å². The summed E-state index contributed by atoms with van der Waals surface area (Å²) >= 11 is 0. The van der Waals surface area contributed by atoms with Crippen LogP contribution in [0.25, 0.3) is 33.8 Å². The van der Waals surface area contributed by atoms with Gasteiger partial charge in [-0.1, -0.05) is 66.7 Å². The number of phenols is 1. The molecule has 1 aromatic heterocycles. The second-order valence-electron chi connectivity index (χ2n) is 7.85. The SMILES string of the molecule is COc1cccc(-c2nc(-c3ccc(-c4ccccc4)cc3O)oc2NC(=O)c2ccccc2)c1. The predicted octanol–water partition coefficient (Wildman–Crippen LogP) is 6.64. The highest BCUT2D eigenvalue weighted by atomic mass is 16.5. The molecule has 6 nitrogen and oxygen atoms in total. The van der Waals surface area contributed by atoms with Crippen LogP contribution in [0.3, 0.4) is 0 Å². The van der Waals surface area contributed by atoms with Crippen LogP contribution in [-0.2, 0) is 0 Å². The Bertz CT molecular complexity index is 1480. The van der Waals surface area contributed by atoms with Crippen LogP contribution in [0.15, 0.2) is 108 Å². The van der Waals surface area contributed by atoms with Crippen molar-refractivity contribution in [3.8, 4) is 45.3 Å². The maximum atomic E-state index is 12.9. The van der Waals surface area contributed by atoms with Crippen molar-refractivity contribution in [2.24, 2.45) is 0 Å². The van der Waals surface area contributed by atoms with E-state index in [0.29, 0.717) is 28.1 Å². The van der Waals surface area contributed by atoms with E-state index in [0.717, 1.165) is 11.1 Å². The van der Waals surface area contributed by atoms with Crippen molar-refractivity contribution in [3.05, 3.63) is 109 Å². The standard InChI is InChI=1S/C29H22N2O4/c1-34-23-14-8-13-22(17-23)26-29(31-27(33)20-11-6-3-7-12-20)35-28(30-26)24-16-15-21(18-25(24)32)19-9-4-2-5-10-19/h2-18,32H,1H3,(H,31,33). The summed E-state index contributed by atoms with van der Waals surface area (Å²) in [6.07, 6.45) is 0. The van der Waals surface area contributed by atoms with Crippen molar-refractivity contribution < 1.29 is 19.1 Å². The van der Waals surface area contributed by atoms with Gasteiger partial charge >= 0.3 is 0 Å². The number of anilines is 1. The van der Waals surface area contributed by atoms with Crippen LogP contribution in [-0.4, -0.2) is 23.1 Å². The molecule has 0 aliphatic heterocycles. The molecule has 0 aliphatic carbocycles. The number of nitrogens with zero attached hydrogens (tertiary/aromatic N) is 1. The number of methoxy groups -OCH3 is 1. The fraction of sp³-hybridized carbons (Fsp3) is 0.0345. The molecule has 0 saturated carbocycles. The second kappa shape index (κ2) is 9.57. The molecule has 35 heavy (non-hydrogen) atoms. The molecule has 5 aromatic rings. The Morgan fingerprint density at radius 1 is 0.829 bits per heavy atom. The number of hydrogen-bond acceptors (Lipinski definition) is 5. The molecule has 1 heterocycles. The lowest BCUT2D eigenvalue weighted by atomic mass is 10.0. The van der Waals surface area contributed by atoms with Crippen LogP contribution >= 0.6 is 0 Å². The smallest absolute Gasteiger partial charge is 0.258 e. The van der Waals surface area contributed by atoms with Gasteiger partial charge < -0.3 is 14.3 Å². The molecule has 0 unspecified atom stereocenters. The first kappa shape index (κ1) is 22.0. The van der Waals surface area contributed by atoms with Crippen LogP contribution < -0.4 is 10.1 Å². The summed E-state index contributed by atoms with van der Waals surface area (Å²) < 4.78 is 11.4. The number of benzene rings is 4. The predicted molar refractivity (Wildman–Crippen MR) is 135 cm³/mol. The molecular formula is C29H22N2O4. The quantitative estimate of drug-likeness (QED) is 0.295. The Morgan fingerprint density at radius 3 is 2.26 bits per heavy atom. The first-order valence-electron chi connectivity index (χ1n) is 11.0. The van der Waals surface area contributed by atoms with Crippen LogP contribution in [0.2, 0.25) is 0 Å². The Morgan fingerprint density at radius 2 is 1.54 bits per heavy atom. The van der Waals surface area contributed by atoms with Gasteiger partial charge in [-0.05, 0) is 47.5 Å². The number of ether oxygens (including phenoxy) is 1. The Kier molecular flexibility index (Phi) is 6.01. The van der Waals surface area contributed by atoms with Gasteiger partial charge in [0.05, 0.1) is 12.7 Å². The normalized spacial score (nSPS) is 10.7. The molecule has 0 bridgehead atoms. The van der Waals surface area contributed by atoms with Crippen molar-refractivity contribution in [3.63, 3.8) is 0 Å². The molecule has 0 fully saturated rings. The number of aromatic nitrogens is 1. The molecule has 0 spiro atoms. The van der Waals surface area contributed by atoms with E-state index in [4.69, 9.17) is 9.15 Å². The van der Waals surface area contributed by atoms with E-state index in [-0.39, 0.29) is 23.4 Å². The van der Waals surface area contributed by atoms with E-state index in [2.05, 4.69) is 10.3 Å². The number of phenolic OH excluding ortho intramolecular Hbond substituents is 1. The number of hydrogen-bond donors (Lipinski definition) is 2. The molecule has 0 radical (unpaired) electrons. The van der Waals surface area contributed by atoms with Crippen LogP contribution in [0.1, 0.15) is 10.4 Å². The number of oxazole rings is 1. The number of amides is 1. The first-order chi connectivity index (χ1) is 17.1. The molecule has 1 amide bonds. The topological polar surface area (TPSA) is 84.6 Å². The van der Waals surface area contributed by atoms with E-state index in [1.54, 1.807) is 49.6 Å². The number of carbonyl (C=O) groups is 1. The molecule has 6 heteroatoms. The number of nitrogens with one attached hydrogen (secondary N) is 1. The highest BCUT2D eigenvalue weighted by Crippen LogP contribution is 2.38. The van der Waals surface area contributed by atoms with Crippen molar-refractivity contribution in [2.75, 3.05) is 12.4 Å². The summed E-state index contributed by atoms with van der Waals surface area (Å²) in [7, 11) is 1.58. The van der Waals surface area contributed by atoms with Gasteiger partial charge in [-0.3, -0.25) is 10.1 Å². The van der Waals surface area contributed by atoms with Gasteiger partial charge in [0.1, 0.15) is 17.2 Å². The lowest BCUT2D eigenvalue weighted by molar-refractivity contribution is 0.102. The van der Waals surface area contributed by atoms with E-state index < -0.39 is 0 Å². The molecule has 5 rings (SSSR count). The third-order valence-electron chi connectivity index (χ3n) is 5.57. The molecular weight excluding hydrogens is 440 g/mol. The highest BCUT2D eigenvalue weighted by Gasteiger charge is 2.21. The zero-order chi connectivity index (χ0) is 24.2. The number of carbonyl (C=O) groups excluding carboxylic acids is 1. The van der Waals surface area contributed by atoms with E-state index >= 15 is 0 Å². The molecule has 4 aromatic carbocycles. The third kappa shape index (κ3) is 4.63. The molecule has 0 saturated heterocycles. The Hall–Kier alpha value is -4.84. The van der Waals surface area contributed by atoms with E-state index in [1.807, 2.05) is 60.7 Å². The minimum absolute atomic E-state index is 0.0192. The van der Waals surface area contributed by atoms with Gasteiger partial charge in [0.25, 0.3) is 5.91 Å². The van der Waals surface area contributed by atoms with Crippen LogP contribution in [0.5, 0.6) is 11.5 Å². The zero-order valence-corrected chi connectivity index (χ0v) is 18.9. The van der Waals surface area contributed by atoms with Gasteiger partial charge in [-0.25, -0.2) is 4.98 Å². The lowest BCUT2D eigenvalue weighted by Crippen LogP contribution is -2.11. The maximum absolute atomic E-state index is 12.9. The second-order valence-corrected chi connectivity index (χ2v) is 7.85. The van der Waals surface area contributed by atoms with E-state index in [9.17, 15) is 9.90 Å². The summed E-state index contributed by atoms with van der Waals surface area (Å²) in [5.74, 6) is 0.686. The number of rotatable bonds is 6. The average molecular weight is 463 g/mol. The first-order valence-corrected chi connectivity index (χ1v) is 11.0. The van der Waals surface area contributed by atoms with Crippen molar-refractivity contribution in [2.45, 2.75) is 0 Å². The Balaban J connectivity index is 1.56. The molecule has 172 valence electrons. The molecule has 0 aliphatic rings. The summed E-state index contributed by atoms with van der Waals surface area (Å²) in [5.41, 5.74) is 3.86. The van der Waals surface area contributed by atoms with Crippen LogP contribution in [0.4, 0.5) is 5.88 Å². The summed E-state index contributed by atoms with van der Waals surface area (Å²) in [6, 6.07) is 31.2. The minimum atomic E-state index is -0.332. The highest BCUT2D eigenvalue weighted by molar-refractivity contribution is 6.05. The Labute approximate surface area is 202 Å². The number of aromatic hydroxyl groups is 1. The van der Waals surface area contributed by atoms with Crippen LogP contribution in [0, 0.1) is 0 Å². The van der Waals surface area contributed by atoms with Gasteiger partial charge in [0, 0.05) is 11.1 Å². The molecule has 2 N–H and O–H groups in total. The lowest BCUT2D eigenvalue weighted by Gasteiger charge is -2.06. The van der Waals surface area contributed by atoms with Crippen molar-refractivity contribution >= 4 is 11.8 Å². The van der Waals surface area contributed by atoms with Gasteiger partial charge in [-0.2, -0.15) is 0 Å². The fourth-order valence-electron chi connectivity index (χ4n) is 3.77. The van der Waals surface area contributed by atoms with Crippen molar-refractivity contribution in [1.82, 2.24) is 4.98 Å². The van der Waals surface area contributed by atoms with Gasteiger partial charge in [0.2, 0.25) is 11.8 Å². The van der Waals surface area contributed by atoms with Gasteiger partial charge in [-0.15, -0.1) is 0 Å². The van der Waals surface area contributed by atoms with Gasteiger partial charge in [0.15, 0.2) is 0 Å². The minimum Gasteiger partial charge on any atom is -0.507 e. The average Bonchev–Trinajstić information content (AvgIpc) is 3.33. The van der Waals surface area contributed by atoms with Crippen molar-refractivity contribution in [1.29, 1.82) is 0 Å². The summed E-state index contributed by atoms with van der Waals surface area (Å²) in [6.45, 7) is 0. The zero-order valence-electron chi connectivity index (χ0n) is 18.9. The monoisotopic (exact) mass is 462 g/mol. The summed E-state index contributed by atoms with van der Waals surface area (Å²) in [5, 5.41) is 13.6. The maximum Gasteiger partial charge on any atom is 0.258 e.